The Labute approximate surface area is 158 Å². The first-order chi connectivity index (χ1) is 12.6. The molecule has 0 atom stereocenters. The van der Waals surface area contributed by atoms with E-state index in [-0.39, 0.29) is 18.9 Å². The first-order valence-electron chi connectivity index (χ1n) is 8.60. The number of esters is 1. The molecule has 0 radical (unpaired) electrons. The van der Waals surface area contributed by atoms with Crippen molar-refractivity contribution in [1.29, 1.82) is 0 Å². The number of amides is 1. The monoisotopic (exact) mass is 372 g/mol. The molecule has 0 spiro atoms. The minimum absolute atomic E-state index is 0.0642. The van der Waals surface area contributed by atoms with Crippen LogP contribution in [0.1, 0.15) is 5.56 Å². The molecule has 2 aromatic rings. The zero-order valence-corrected chi connectivity index (χ0v) is 15.2. The van der Waals surface area contributed by atoms with Crippen LogP contribution >= 0.6 is 11.6 Å². The summed E-state index contributed by atoms with van der Waals surface area (Å²) in [7, 11) is 0. The summed E-state index contributed by atoms with van der Waals surface area (Å²) in [6, 6.07) is 17.2. The van der Waals surface area contributed by atoms with Gasteiger partial charge in [0.25, 0.3) is 5.91 Å². The molecule has 6 heteroatoms. The van der Waals surface area contributed by atoms with E-state index in [1.807, 2.05) is 24.3 Å². The summed E-state index contributed by atoms with van der Waals surface area (Å²) in [6.45, 7) is 2.55. The highest BCUT2D eigenvalue weighted by atomic mass is 35.5. The molecule has 0 aliphatic carbocycles. The van der Waals surface area contributed by atoms with Crippen LogP contribution in [-0.2, 0) is 20.7 Å². The van der Waals surface area contributed by atoms with Crippen LogP contribution in [0.5, 0.6) is 0 Å². The van der Waals surface area contributed by atoms with E-state index in [0.717, 1.165) is 18.8 Å². The molecule has 1 saturated heterocycles. The fourth-order valence-electron chi connectivity index (χ4n) is 2.93. The lowest BCUT2D eigenvalue weighted by Crippen LogP contribution is -2.49. The van der Waals surface area contributed by atoms with Gasteiger partial charge in [-0.15, -0.1) is 0 Å². The number of piperazine rings is 1. The molecule has 1 fully saturated rings. The van der Waals surface area contributed by atoms with Gasteiger partial charge < -0.3 is 14.5 Å². The van der Waals surface area contributed by atoms with Gasteiger partial charge in [-0.2, -0.15) is 0 Å². The Hall–Kier alpha value is -2.53. The lowest BCUT2D eigenvalue weighted by atomic mass is 10.1. The van der Waals surface area contributed by atoms with Crippen molar-refractivity contribution >= 4 is 29.2 Å². The fraction of sp³-hybridized carbons (Fsp3) is 0.300. The standard InChI is InChI=1S/C20H21ClN2O3/c21-18-9-5-4-6-16(18)14-20(25)26-15-19(24)23-12-10-22(11-13-23)17-7-2-1-3-8-17/h1-9H,10-15H2. The SMILES string of the molecule is O=C(Cc1ccccc1Cl)OCC(=O)N1CCN(c2ccccc2)CC1. The molecule has 3 rings (SSSR count). The maximum atomic E-state index is 12.3. The summed E-state index contributed by atoms with van der Waals surface area (Å²) in [5, 5.41) is 0.521. The van der Waals surface area contributed by atoms with Gasteiger partial charge in [-0.25, -0.2) is 0 Å². The molecule has 1 aliphatic heterocycles. The van der Waals surface area contributed by atoms with Gasteiger partial charge in [-0.3, -0.25) is 9.59 Å². The Bertz CT molecular complexity index is 759. The maximum absolute atomic E-state index is 12.3. The summed E-state index contributed by atoms with van der Waals surface area (Å²) in [4.78, 5) is 28.2. The molecule has 0 N–H and O–H groups in total. The van der Waals surface area contributed by atoms with Crippen molar-refractivity contribution in [1.82, 2.24) is 4.90 Å². The number of carbonyl (C=O) groups is 2. The van der Waals surface area contributed by atoms with Gasteiger partial charge >= 0.3 is 5.97 Å². The smallest absolute Gasteiger partial charge is 0.310 e. The van der Waals surface area contributed by atoms with E-state index >= 15 is 0 Å². The van der Waals surface area contributed by atoms with E-state index < -0.39 is 5.97 Å². The molecule has 1 amide bonds. The van der Waals surface area contributed by atoms with E-state index in [4.69, 9.17) is 16.3 Å². The van der Waals surface area contributed by atoms with Crippen molar-refractivity contribution in [2.24, 2.45) is 0 Å². The minimum Gasteiger partial charge on any atom is -0.455 e. The Morgan fingerprint density at radius 3 is 2.27 bits per heavy atom. The highest BCUT2D eigenvalue weighted by molar-refractivity contribution is 6.31. The Morgan fingerprint density at radius 1 is 0.923 bits per heavy atom. The van der Waals surface area contributed by atoms with Crippen molar-refractivity contribution in [2.75, 3.05) is 37.7 Å². The number of hydrogen-bond donors (Lipinski definition) is 0. The average molecular weight is 373 g/mol. The molecule has 2 aromatic carbocycles. The van der Waals surface area contributed by atoms with Gasteiger partial charge in [0.1, 0.15) is 0 Å². The predicted octanol–water partition coefficient (Wildman–Crippen LogP) is 2.77. The van der Waals surface area contributed by atoms with E-state index in [1.165, 1.54) is 0 Å². The number of hydrogen-bond acceptors (Lipinski definition) is 4. The third-order valence-corrected chi connectivity index (χ3v) is 4.77. The van der Waals surface area contributed by atoms with Gasteiger partial charge in [0.2, 0.25) is 0 Å². The third kappa shape index (κ3) is 4.76. The molecule has 0 saturated carbocycles. The molecular weight excluding hydrogens is 352 g/mol. The quantitative estimate of drug-likeness (QED) is 0.757. The van der Waals surface area contributed by atoms with Crippen molar-refractivity contribution in [2.45, 2.75) is 6.42 Å². The minimum atomic E-state index is -0.450. The van der Waals surface area contributed by atoms with Crippen LogP contribution in [0.2, 0.25) is 5.02 Å². The number of benzene rings is 2. The molecule has 0 unspecified atom stereocenters. The molecular formula is C20H21ClN2O3. The number of anilines is 1. The molecule has 1 aliphatic rings. The summed E-state index contributed by atoms with van der Waals surface area (Å²) >= 11 is 6.03. The second-order valence-corrected chi connectivity index (χ2v) is 6.54. The van der Waals surface area contributed by atoms with Gasteiger partial charge in [-0.05, 0) is 23.8 Å². The van der Waals surface area contributed by atoms with Gasteiger partial charge in [-0.1, -0.05) is 48.0 Å². The predicted molar refractivity (Wildman–Crippen MR) is 101 cm³/mol. The largest absolute Gasteiger partial charge is 0.455 e. The second kappa shape index (κ2) is 8.72. The lowest BCUT2D eigenvalue weighted by molar-refractivity contribution is -0.151. The summed E-state index contributed by atoms with van der Waals surface area (Å²) in [5.41, 5.74) is 1.86. The van der Waals surface area contributed by atoms with Crippen LogP contribution in [0, 0.1) is 0 Å². The van der Waals surface area contributed by atoms with Crippen LogP contribution in [-0.4, -0.2) is 49.6 Å². The van der Waals surface area contributed by atoms with Crippen LogP contribution in [0.25, 0.3) is 0 Å². The number of rotatable bonds is 5. The molecule has 0 aromatic heterocycles. The maximum Gasteiger partial charge on any atom is 0.310 e. The fourth-order valence-corrected chi connectivity index (χ4v) is 3.14. The Morgan fingerprint density at radius 2 is 1.58 bits per heavy atom. The number of para-hydroxylation sites is 1. The Balaban J connectivity index is 1.43. The number of carbonyl (C=O) groups excluding carboxylic acids is 2. The number of ether oxygens (including phenoxy) is 1. The van der Waals surface area contributed by atoms with E-state index in [9.17, 15) is 9.59 Å². The first-order valence-corrected chi connectivity index (χ1v) is 8.98. The zero-order valence-electron chi connectivity index (χ0n) is 14.4. The van der Waals surface area contributed by atoms with Crippen LogP contribution in [0.3, 0.4) is 0 Å². The summed E-state index contributed by atoms with van der Waals surface area (Å²) < 4.78 is 5.13. The second-order valence-electron chi connectivity index (χ2n) is 6.13. The highest BCUT2D eigenvalue weighted by Crippen LogP contribution is 2.17. The topological polar surface area (TPSA) is 49.9 Å². The first kappa shape index (κ1) is 18.3. The van der Waals surface area contributed by atoms with Crippen LogP contribution < -0.4 is 4.90 Å². The van der Waals surface area contributed by atoms with Gasteiger partial charge in [0.15, 0.2) is 6.61 Å². The van der Waals surface area contributed by atoms with Crippen molar-refractivity contribution < 1.29 is 14.3 Å². The molecule has 26 heavy (non-hydrogen) atoms. The number of halogens is 1. The van der Waals surface area contributed by atoms with Gasteiger partial charge in [0.05, 0.1) is 6.42 Å². The molecule has 5 nitrogen and oxygen atoms in total. The zero-order chi connectivity index (χ0) is 18.4. The van der Waals surface area contributed by atoms with E-state index in [0.29, 0.717) is 23.7 Å². The average Bonchev–Trinajstić information content (AvgIpc) is 2.69. The molecule has 1 heterocycles. The third-order valence-electron chi connectivity index (χ3n) is 4.40. The van der Waals surface area contributed by atoms with Crippen LogP contribution in [0.15, 0.2) is 54.6 Å². The molecule has 136 valence electrons. The van der Waals surface area contributed by atoms with Crippen molar-refractivity contribution in [3.8, 4) is 0 Å². The van der Waals surface area contributed by atoms with Crippen LogP contribution in [0.4, 0.5) is 5.69 Å². The van der Waals surface area contributed by atoms with E-state index in [1.54, 1.807) is 23.1 Å². The van der Waals surface area contributed by atoms with Crippen molar-refractivity contribution in [3.63, 3.8) is 0 Å². The van der Waals surface area contributed by atoms with Crippen molar-refractivity contribution in [3.05, 3.63) is 65.2 Å². The number of nitrogens with zero attached hydrogens (tertiary/aromatic N) is 2. The lowest BCUT2D eigenvalue weighted by Gasteiger charge is -2.36. The summed E-state index contributed by atoms with van der Waals surface area (Å²) in [5.74, 6) is -0.611. The normalized spacial score (nSPS) is 14.2. The summed E-state index contributed by atoms with van der Waals surface area (Å²) in [6.07, 6.45) is 0.0642. The van der Waals surface area contributed by atoms with E-state index in [2.05, 4.69) is 17.0 Å². The Kier molecular flexibility index (Phi) is 6.12. The van der Waals surface area contributed by atoms with Gasteiger partial charge in [0, 0.05) is 36.9 Å². The highest BCUT2D eigenvalue weighted by Gasteiger charge is 2.22. The molecule has 0 bridgehead atoms.